The number of methoxy groups -OCH3 is 1. The third-order valence-corrected chi connectivity index (χ3v) is 5.30. The topological polar surface area (TPSA) is 24.8 Å². The maximum Gasteiger partial charge on any atom is 0.123 e. The number of anilines is 1. The van der Waals surface area contributed by atoms with Gasteiger partial charge in [0.1, 0.15) is 11.6 Å². The van der Waals surface area contributed by atoms with Crippen LogP contribution in [0.1, 0.15) is 23.6 Å². The Bertz CT molecular complexity index is 1020. The summed E-state index contributed by atoms with van der Waals surface area (Å²) in [7, 11) is 1.64. The zero-order chi connectivity index (χ0) is 19.7. The third kappa shape index (κ3) is 3.71. The van der Waals surface area contributed by atoms with Gasteiger partial charge in [0.15, 0.2) is 0 Å². The predicted molar refractivity (Wildman–Crippen MR) is 112 cm³/mol. The number of halogens is 3. The van der Waals surface area contributed by atoms with Crippen molar-refractivity contribution in [3.63, 3.8) is 0 Å². The van der Waals surface area contributed by atoms with E-state index in [0.29, 0.717) is 16.5 Å². The zero-order valence-electron chi connectivity index (χ0n) is 15.1. The molecule has 3 aromatic rings. The number of hydrazone groups is 1. The number of ether oxygens (including phenoxy) is 1. The van der Waals surface area contributed by atoms with Crippen molar-refractivity contribution in [2.24, 2.45) is 5.10 Å². The van der Waals surface area contributed by atoms with Gasteiger partial charge in [-0.25, -0.2) is 4.39 Å². The maximum absolute atomic E-state index is 13.3. The van der Waals surface area contributed by atoms with Gasteiger partial charge in [-0.15, -0.1) is 0 Å². The minimum Gasteiger partial charge on any atom is -0.497 e. The Morgan fingerprint density at radius 2 is 1.71 bits per heavy atom. The first-order valence-electron chi connectivity index (χ1n) is 8.77. The van der Waals surface area contributed by atoms with E-state index in [2.05, 4.69) is 0 Å². The predicted octanol–water partition coefficient (Wildman–Crippen LogP) is 6.50. The highest BCUT2D eigenvalue weighted by molar-refractivity contribution is 6.35. The fourth-order valence-electron chi connectivity index (χ4n) is 3.30. The molecule has 0 aliphatic carbocycles. The average molecular weight is 415 g/mol. The summed E-state index contributed by atoms with van der Waals surface area (Å²) in [5.41, 5.74) is 3.53. The van der Waals surface area contributed by atoms with Crippen LogP contribution in [0.2, 0.25) is 10.0 Å². The summed E-state index contributed by atoms with van der Waals surface area (Å²) in [5, 5.41) is 7.84. The van der Waals surface area contributed by atoms with Crippen LogP contribution in [0.3, 0.4) is 0 Å². The Morgan fingerprint density at radius 3 is 2.39 bits per heavy atom. The van der Waals surface area contributed by atoms with E-state index in [1.54, 1.807) is 37.4 Å². The molecule has 0 radical (unpaired) electrons. The monoisotopic (exact) mass is 414 g/mol. The van der Waals surface area contributed by atoms with Gasteiger partial charge in [-0.3, -0.25) is 5.01 Å². The Kier molecular flexibility index (Phi) is 5.25. The van der Waals surface area contributed by atoms with Crippen LogP contribution in [-0.4, -0.2) is 12.8 Å². The number of rotatable bonds is 4. The van der Waals surface area contributed by atoms with Crippen LogP contribution in [-0.2, 0) is 0 Å². The lowest BCUT2D eigenvalue weighted by molar-refractivity contribution is 0.414. The van der Waals surface area contributed by atoms with E-state index >= 15 is 0 Å². The highest BCUT2D eigenvalue weighted by Gasteiger charge is 2.31. The van der Waals surface area contributed by atoms with E-state index in [4.69, 9.17) is 33.0 Å². The normalized spacial score (nSPS) is 16.2. The van der Waals surface area contributed by atoms with Crippen molar-refractivity contribution in [2.45, 2.75) is 12.5 Å². The van der Waals surface area contributed by atoms with Gasteiger partial charge in [-0.05, 0) is 53.6 Å². The Hall–Kier alpha value is -2.56. The van der Waals surface area contributed by atoms with E-state index in [9.17, 15) is 4.39 Å². The molecule has 0 aromatic heterocycles. The van der Waals surface area contributed by atoms with Crippen LogP contribution < -0.4 is 9.75 Å². The molecule has 0 N–H and O–H groups in total. The van der Waals surface area contributed by atoms with E-state index in [1.807, 2.05) is 29.3 Å². The number of benzene rings is 3. The van der Waals surface area contributed by atoms with Crippen LogP contribution >= 0.6 is 23.2 Å². The van der Waals surface area contributed by atoms with Crippen LogP contribution in [0.15, 0.2) is 71.8 Å². The second-order valence-electron chi connectivity index (χ2n) is 6.49. The van der Waals surface area contributed by atoms with Gasteiger partial charge in [0, 0.05) is 11.4 Å². The van der Waals surface area contributed by atoms with Gasteiger partial charge in [0.2, 0.25) is 0 Å². The van der Waals surface area contributed by atoms with Crippen molar-refractivity contribution < 1.29 is 9.13 Å². The fraction of sp³-hybridized carbons (Fsp3) is 0.136. The van der Waals surface area contributed by atoms with Crippen LogP contribution in [0.25, 0.3) is 0 Å². The molecule has 0 saturated heterocycles. The molecule has 0 fully saturated rings. The second kappa shape index (κ2) is 7.82. The summed E-state index contributed by atoms with van der Waals surface area (Å²) in [6, 6.07) is 19.5. The Morgan fingerprint density at radius 1 is 1.00 bits per heavy atom. The van der Waals surface area contributed by atoms with Crippen molar-refractivity contribution in [2.75, 3.05) is 12.1 Å². The van der Waals surface area contributed by atoms with Crippen molar-refractivity contribution in [3.05, 3.63) is 93.7 Å². The SMILES string of the molecule is COc1ccc([C@@H]2CC(c3ccc(F)cc3)=NN2c2cc(Cl)ccc2Cl)cc1. The number of hydrogen-bond donors (Lipinski definition) is 0. The third-order valence-electron chi connectivity index (χ3n) is 4.74. The number of hydrogen-bond acceptors (Lipinski definition) is 3. The molecule has 0 spiro atoms. The Labute approximate surface area is 173 Å². The largest absolute Gasteiger partial charge is 0.497 e. The molecule has 0 bridgehead atoms. The van der Waals surface area contributed by atoms with E-state index in [0.717, 1.165) is 28.3 Å². The highest BCUT2D eigenvalue weighted by Crippen LogP contribution is 2.41. The molecular formula is C22H17Cl2FN2O. The fourth-order valence-corrected chi connectivity index (χ4v) is 3.67. The minimum atomic E-state index is -0.274. The molecule has 0 unspecified atom stereocenters. The van der Waals surface area contributed by atoms with Gasteiger partial charge in [0.05, 0.1) is 29.6 Å². The molecule has 1 atom stereocenters. The van der Waals surface area contributed by atoms with Gasteiger partial charge < -0.3 is 4.74 Å². The summed E-state index contributed by atoms with van der Waals surface area (Å²) < 4.78 is 18.6. The van der Waals surface area contributed by atoms with Crippen molar-refractivity contribution in [1.29, 1.82) is 0 Å². The van der Waals surface area contributed by atoms with Crippen molar-refractivity contribution in [3.8, 4) is 5.75 Å². The highest BCUT2D eigenvalue weighted by atomic mass is 35.5. The first-order valence-corrected chi connectivity index (χ1v) is 9.52. The Balaban J connectivity index is 1.77. The first-order chi connectivity index (χ1) is 13.5. The molecule has 28 heavy (non-hydrogen) atoms. The van der Waals surface area contributed by atoms with Gasteiger partial charge >= 0.3 is 0 Å². The smallest absolute Gasteiger partial charge is 0.123 e. The molecule has 4 rings (SSSR count). The summed E-state index contributed by atoms with van der Waals surface area (Å²) >= 11 is 12.7. The summed E-state index contributed by atoms with van der Waals surface area (Å²) in [4.78, 5) is 0. The quantitative estimate of drug-likeness (QED) is 0.486. The van der Waals surface area contributed by atoms with Crippen LogP contribution in [0.4, 0.5) is 10.1 Å². The molecule has 1 aliphatic rings. The molecule has 6 heteroatoms. The van der Waals surface area contributed by atoms with E-state index in [-0.39, 0.29) is 11.9 Å². The molecule has 142 valence electrons. The lowest BCUT2D eigenvalue weighted by Crippen LogP contribution is -2.18. The first kappa shape index (κ1) is 18.8. The summed E-state index contributed by atoms with van der Waals surface area (Å²) in [5.74, 6) is 0.512. The standard InChI is InChI=1S/C22H17Cl2FN2O/c1-28-18-9-4-15(5-10-18)21-13-20(14-2-7-17(25)8-3-14)26-27(21)22-12-16(23)6-11-19(22)24/h2-12,21H,13H2,1H3/t21-/m0/s1. The zero-order valence-corrected chi connectivity index (χ0v) is 16.6. The van der Waals surface area contributed by atoms with Crippen molar-refractivity contribution in [1.82, 2.24) is 0 Å². The molecule has 3 aromatic carbocycles. The second-order valence-corrected chi connectivity index (χ2v) is 7.33. The molecule has 1 aliphatic heterocycles. The number of nitrogens with zero attached hydrogens (tertiary/aromatic N) is 2. The average Bonchev–Trinajstić information content (AvgIpc) is 3.15. The molecule has 1 heterocycles. The molecule has 3 nitrogen and oxygen atoms in total. The molecule has 0 amide bonds. The van der Waals surface area contributed by atoms with E-state index < -0.39 is 0 Å². The molecular weight excluding hydrogens is 398 g/mol. The molecule has 0 saturated carbocycles. The van der Waals surface area contributed by atoms with E-state index in [1.165, 1.54) is 12.1 Å². The van der Waals surface area contributed by atoms with Crippen LogP contribution in [0.5, 0.6) is 5.75 Å². The lowest BCUT2D eigenvalue weighted by Gasteiger charge is -2.25. The maximum atomic E-state index is 13.3. The summed E-state index contributed by atoms with van der Waals surface area (Å²) in [6.45, 7) is 0. The van der Waals surface area contributed by atoms with Crippen molar-refractivity contribution >= 4 is 34.6 Å². The van der Waals surface area contributed by atoms with Gasteiger partial charge in [-0.1, -0.05) is 47.5 Å². The lowest BCUT2D eigenvalue weighted by atomic mass is 9.98. The van der Waals surface area contributed by atoms with Crippen LogP contribution in [0, 0.1) is 5.82 Å². The summed E-state index contributed by atoms with van der Waals surface area (Å²) in [6.07, 6.45) is 0.654. The minimum absolute atomic E-state index is 0.0677. The van der Waals surface area contributed by atoms with Gasteiger partial charge in [0.25, 0.3) is 0 Å². The van der Waals surface area contributed by atoms with Gasteiger partial charge in [-0.2, -0.15) is 5.10 Å².